The van der Waals surface area contributed by atoms with Crippen molar-refractivity contribution in [3.05, 3.63) is 67.9 Å². The first-order chi connectivity index (χ1) is 10.4. The minimum Gasteiger partial charge on any atom is -0.0770 e. The van der Waals surface area contributed by atoms with Gasteiger partial charge in [0.15, 0.2) is 0 Å². The van der Waals surface area contributed by atoms with Crippen molar-refractivity contribution in [2.24, 2.45) is 0 Å². The first kappa shape index (κ1) is 12.9. The van der Waals surface area contributed by atoms with Gasteiger partial charge in [-0.05, 0) is 69.7 Å². The van der Waals surface area contributed by atoms with Crippen LogP contribution in [0.25, 0.3) is 12.2 Å². The van der Waals surface area contributed by atoms with E-state index in [-0.39, 0.29) is 0 Å². The second kappa shape index (κ2) is 5.18. The van der Waals surface area contributed by atoms with E-state index in [0.29, 0.717) is 0 Å². The lowest BCUT2D eigenvalue weighted by atomic mass is 9.88. The minimum atomic E-state index is 1.11. The van der Waals surface area contributed by atoms with Gasteiger partial charge in [-0.15, -0.1) is 0 Å². The highest BCUT2D eigenvalue weighted by Crippen LogP contribution is 2.18. The average molecular weight is 274 g/mol. The molecule has 0 aromatic heterocycles. The van der Waals surface area contributed by atoms with Gasteiger partial charge in [0.05, 0.1) is 0 Å². The van der Waals surface area contributed by atoms with Gasteiger partial charge in [0.25, 0.3) is 0 Å². The number of rotatable bonds is 2. The van der Waals surface area contributed by atoms with Crippen molar-refractivity contribution in [3.8, 4) is 0 Å². The lowest BCUT2D eigenvalue weighted by Gasteiger charge is -2.17. The highest BCUT2D eigenvalue weighted by molar-refractivity contribution is 5.48. The van der Waals surface area contributed by atoms with Gasteiger partial charge in [0.2, 0.25) is 0 Å². The van der Waals surface area contributed by atoms with Crippen molar-refractivity contribution in [2.75, 3.05) is 0 Å². The number of aryl methyl sites for hydroxylation is 1. The largest absolute Gasteiger partial charge is 0.0770 e. The number of fused-ring (bicyclic) bond motifs is 4. The molecule has 0 saturated heterocycles. The molecule has 0 N–H and O–H groups in total. The van der Waals surface area contributed by atoms with Gasteiger partial charge in [0.1, 0.15) is 0 Å². The summed E-state index contributed by atoms with van der Waals surface area (Å²) in [5.74, 6) is 0. The van der Waals surface area contributed by atoms with Crippen LogP contribution in [0.5, 0.6) is 0 Å². The molecular formula is C21H22. The zero-order chi connectivity index (χ0) is 14.2. The van der Waals surface area contributed by atoms with Gasteiger partial charge in [0, 0.05) is 0 Å². The first-order valence-corrected chi connectivity index (χ1v) is 8.32. The molecule has 0 atom stereocenters. The molecule has 0 heterocycles. The van der Waals surface area contributed by atoms with Crippen LogP contribution in [-0.2, 0) is 19.3 Å². The maximum atomic E-state index is 2.47. The van der Waals surface area contributed by atoms with Crippen molar-refractivity contribution in [1.82, 2.24) is 0 Å². The quantitative estimate of drug-likeness (QED) is 0.787. The van der Waals surface area contributed by atoms with E-state index in [1.807, 2.05) is 0 Å². The van der Waals surface area contributed by atoms with Crippen molar-refractivity contribution in [1.29, 1.82) is 0 Å². The van der Waals surface area contributed by atoms with Gasteiger partial charge < -0.3 is 0 Å². The van der Waals surface area contributed by atoms with E-state index in [9.17, 15) is 0 Å². The van der Waals surface area contributed by atoms with Crippen molar-refractivity contribution in [3.63, 3.8) is 0 Å². The molecule has 0 bridgehead atoms. The van der Waals surface area contributed by atoms with Crippen LogP contribution in [0.15, 0.2) is 30.3 Å². The number of hydrogen-bond acceptors (Lipinski definition) is 0. The maximum Gasteiger partial charge on any atom is -0.00790 e. The number of benzene rings is 2. The average Bonchev–Trinajstić information content (AvgIpc) is 2.55. The van der Waals surface area contributed by atoms with Crippen molar-refractivity contribution >= 4 is 12.2 Å². The summed E-state index contributed by atoms with van der Waals surface area (Å²) in [5.41, 5.74) is 4.72. The molecule has 0 unspecified atom stereocenters. The summed E-state index contributed by atoms with van der Waals surface area (Å²) in [4.78, 5) is 0. The lowest BCUT2D eigenvalue weighted by molar-refractivity contribution is 0.824. The van der Waals surface area contributed by atoms with E-state index in [2.05, 4.69) is 49.4 Å². The summed E-state index contributed by atoms with van der Waals surface area (Å²) >= 11 is 0. The molecule has 21 heavy (non-hydrogen) atoms. The van der Waals surface area contributed by atoms with Crippen molar-refractivity contribution in [2.45, 2.75) is 45.4 Å². The molecule has 0 spiro atoms. The van der Waals surface area contributed by atoms with Gasteiger partial charge >= 0.3 is 0 Å². The van der Waals surface area contributed by atoms with E-state index < -0.39 is 0 Å². The molecule has 2 aliphatic rings. The normalized spacial score (nSPS) is 15.3. The monoisotopic (exact) mass is 274 g/mol. The molecule has 0 aliphatic heterocycles. The third-order valence-corrected chi connectivity index (χ3v) is 4.98. The summed E-state index contributed by atoms with van der Waals surface area (Å²) in [6, 6.07) is 11.5. The van der Waals surface area contributed by atoms with E-state index >= 15 is 0 Å². The molecule has 0 saturated carbocycles. The molecule has 2 aromatic carbocycles. The Morgan fingerprint density at radius 2 is 1.90 bits per heavy atom. The number of hydrogen-bond donors (Lipinski definition) is 0. The molecule has 106 valence electrons. The minimum absolute atomic E-state index is 1.11. The van der Waals surface area contributed by atoms with E-state index in [4.69, 9.17) is 0 Å². The molecule has 0 amide bonds. The van der Waals surface area contributed by atoms with Crippen LogP contribution < -0.4 is 10.4 Å². The van der Waals surface area contributed by atoms with Crippen LogP contribution in [0.3, 0.4) is 0 Å². The predicted molar refractivity (Wildman–Crippen MR) is 89.4 cm³/mol. The van der Waals surface area contributed by atoms with Gasteiger partial charge in [-0.3, -0.25) is 0 Å². The SMILES string of the molecule is CCCc1cccc2c1=CCc1c3c(ccc1=2)=CCCC3. The van der Waals surface area contributed by atoms with Crippen LogP contribution in [0.1, 0.15) is 42.9 Å². The zero-order valence-electron chi connectivity index (χ0n) is 12.8. The second-order valence-electron chi connectivity index (χ2n) is 6.29. The standard InChI is InChI=1S/C21H22/c1-2-6-15-8-5-10-19-18(15)13-14-20-17-9-4-3-7-16(17)11-12-21(19)20/h5,7-8,10-13H,2-4,6,9,14H2,1H3. The fourth-order valence-corrected chi connectivity index (χ4v) is 4.00. The lowest BCUT2D eigenvalue weighted by Crippen LogP contribution is -2.21. The fourth-order valence-electron chi connectivity index (χ4n) is 4.00. The highest BCUT2D eigenvalue weighted by atomic mass is 14.2. The van der Waals surface area contributed by atoms with Crippen molar-refractivity contribution < 1.29 is 0 Å². The molecule has 2 aromatic rings. The van der Waals surface area contributed by atoms with Gasteiger partial charge in [-0.1, -0.05) is 55.8 Å². The highest BCUT2D eigenvalue weighted by Gasteiger charge is 2.12. The Balaban J connectivity index is 2.12. The summed E-state index contributed by atoms with van der Waals surface area (Å²) in [7, 11) is 0. The Morgan fingerprint density at radius 1 is 0.952 bits per heavy atom. The van der Waals surface area contributed by atoms with E-state index in [1.165, 1.54) is 58.5 Å². The topological polar surface area (TPSA) is 0 Å². The molecule has 0 nitrogen and oxygen atoms in total. The molecule has 0 radical (unpaired) electrons. The molecular weight excluding hydrogens is 252 g/mol. The molecule has 0 heteroatoms. The Bertz CT molecular complexity index is 900. The second-order valence-corrected chi connectivity index (χ2v) is 6.29. The van der Waals surface area contributed by atoms with Crippen LogP contribution in [0, 0.1) is 10.4 Å². The van der Waals surface area contributed by atoms with E-state index in [0.717, 1.165) is 6.42 Å². The van der Waals surface area contributed by atoms with Crippen LogP contribution in [0.2, 0.25) is 0 Å². The Labute approximate surface area is 126 Å². The third kappa shape index (κ3) is 2.05. The smallest absolute Gasteiger partial charge is 0.00790 e. The van der Waals surface area contributed by atoms with Crippen LogP contribution >= 0.6 is 0 Å². The maximum absolute atomic E-state index is 2.47. The molecule has 0 fully saturated rings. The van der Waals surface area contributed by atoms with E-state index in [1.54, 1.807) is 11.1 Å². The molecule has 4 rings (SSSR count). The third-order valence-electron chi connectivity index (χ3n) is 4.98. The summed E-state index contributed by atoms with van der Waals surface area (Å²) in [6.07, 6.45) is 12.2. The molecule has 2 aliphatic carbocycles. The summed E-state index contributed by atoms with van der Waals surface area (Å²) < 4.78 is 0. The fraction of sp³-hybridized carbons (Fsp3) is 0.333. The first-order valence-electron chi connectivity index (χ1n) is 8.32. The van der Waals surface area contributed by atoms with Crippen LogP contribution in [-0.4, -0.2) is 0 Å². The summed E-state index contributed by atoms with van der Waals surface area (Å²) in [5, 5.41) is 5.92. The zero-order valence-corrected chi connectivity index (χ0v) is 12.8. The Hall–Kier alpha value is -1.82. The van der Waals surface area contributed by atoms with Gasteiger partial charge in [-0.2, -0.15) is 0 Å². The predicted octanol–water partition coefficient (Wildman–Crippen LogP) is 3.38. The van der Waals surface area contributed by atoms with Gasteiger partial charge in [-0.25, -0.2) is 0 Å². The van der Waals surface area contributed by atoms with Crippen LogP contribution in [0.4, 0.5) is 0 Å². The Kier molecular flexibility index (Phi) is 3.18. The summed E-state index contributed by atoms with van der Waals surface area (Å²) in [6.45, 7) is 2.27. The Morgan fingerprint density at radius 3 is 2.81 bits per heavy atom.